The van der Waals surface area contributed by atoms with E-state index in [1.807, 2.05) is 32.0 Å². The van der Waals surface area contributed by atoms with Gasteiger partial charge >= 0.3 is 0 Å². The molecule has 0 spiro atoms. The van der Waals surface area contributed by atoms with Crippen molar-refractivity contribution < 1.29 is 12.8 Å². The Kier molecular flexibility index (Phi) is 4.51. The summed E-state index contributed by atoms with van der Waals surface area (Å²) in [5, 5.41) is 0. The summed E-state index contributed by atoms with van der Waals surface area (Å²) in [6.45, 7) is 4.01. The molecule has 0 amide bonds. The molecule has 5 nitrogen and oxygen atoms in total. The quantitative estimate of drug-likeness (QED) is 0.771. The van der Waals surface area contributed by atoms with E-state index in [2.05, 4.69) is 9.71 Å². The third-order valence-corrected chi connectivity index (χ3v) is 5.25. The van der Waals surface area contributed by atoms with Gasteiger partial charge in [0.05, 0.1) is 11.2 Å². The maximum Gasteiger partial charge on any atom is 0.240 e. The van der Waals surface area contributed by atoms with E-state index in [1.54, 1.807) is 36.9 Å². The van der Waals surface area contributed by atoms with Gasteiger partial charge in [0.25, 0.3) is 0 Å². The number of hydrogen-bond acceptors (Lipinski definition) is 4. The normalized spacial score (nSPS) is 11.6. The van der Waals surface area contributed by atoms with Crippen molar-refractivity contribution in [3.8, 4) is 11.3 Å². The first-order valence-corrected chi connectivity index (χ1v) is 8.99. The summed E-state index contributed by atoms with van der Waals surface area (Å²) < 4.78 is 32.8. The van der Waals surface area contributed by atoms with Crippen molar-refractivity contribution >= 4 is 10.0 Å². The van der Waals surface area contributed by atoms with Crippen LogP contribution < -0.4 is 4.72 Å². The van der Waals surface area contributed by atoms with E-state index in [0.29, 0.717) is 5.76 Å². The second-order valence-electron chi connectivity index (χ2n) is 5.63. The Morgan fingerprint density at radius 3 is 2.62 bits per heavy atom. The fraction of sp³-hybridized carbons (Fsp3) is 0.167. The maximum absolute atomic E-state index is 12.4. The van der Waals surface area contributed by atoms with Crippen molar-refractivity contribution in [1.82, 2.24) is 9.71 Å². The zero-order chi connectivity index (χ0) is 17.2. The summed E-state index contributed by atoms with van der Waals surface area (Å²) in [7, 11) is -3.57. The van der Waals surface area contributed by atoms with Gasteiger partial charge in [-0.15, -0.1) is 0 Å². The van der Waals surface area contributed by atoms with Crippen molar-refractivity contribution in [1.29, 1.82) is 0 Å². The van der Waals surface area contributed by atoms with E-state index < -0.39 is 10.0 Å². The van der Waals surface area contributed by atoms with E-state index >= 15 is 0 Å². The summed E-state index contributed by atoms with van der Waals surface area (Å²) in [6, 6.07) is 10.6. The molecule has 0 aliphatic carbocycles. The van der Waals surface area contributed by atoms with Gasteiger partial charge in [-0.3, -0.25) is 4.98 Å². The highest BCUT2D eigenvalue weighted by molar-refractivity contribution is 7.89. The summed E-state index contributed by atoms with van der Waals surface area (Å²) >= 11 is 0. The molecule has 0 saturated carbocycles. The lowest BCUT2D eigenvalue weighted by Crippen LogP contribution is -2.23. The van der Waals surface area contributed by atoms with Gasteiger partial charge in [0.15, 0.2) is 0 Å². The largest absolute Gasteiger partial charge is 0.464 e. The summed E-state index contributed by atoms with van der Waals surface area (Å²) in [4.78, 5) is 4.41. The van der Waals surface area contributed by atoms with Crippen molar-refractivity contribution in [2.75, 3.05) is 0 Å². The SMILES string of the molecule is Cc1ccc(S(=O)(=O)NCc2cncc(-c3ccco3)c2)cc1C. The molecule has 0 fully saturated rings. The van der Waals surface area contributed by atoms with Crippen LogP contribution in [-0.4, -0.2) is 13.4 Å². The molecule has 3 aromatic rings. The Hall–Kier alpha value is -2.44. The molecule has 0 bridgehead atoms. The number of aryl methyl sites for hydroxylation is 2. The van der Waals surface area contributed by atoms with E-state index in [9.17, 15) is 8.42 Å². The minimum absolute atomic E-state index is 0.163. The Morgan fingerprint density at radius 1 is 1.08 bits per heavy atom. The standard InChI is InChI=1S/C18H18N2O3S/c1-13-5-6-17(8-14(13)2)24(21,22)20-11-15-9-16(12-19-10-15)18-4-3-7-23-18/h3-10,12,20H,11H2,1-2H3. The summed E-state index contributed by atoms with van der Waals surface area (Å²) in [5.74, 6) is 0.696. The highest BCUT2D eigenvalue weighted by Crippen LogP contribution is 2.20. The summed E-state index contributed by atoms with van der Waals surface area (Å²) in [6.07, 6.45) is 4.90. The average Bonchev–Trinajstić information content (AvgIpc) is 3.10. The van der Waals surface area contributed by atoms with Gasteiger partial charge in [0.1, 0.15) is 5.76 Å². The van der Waals surface area contributed by atoms with E-state index in [-0.39, 0.29) is 11.4 Å². The molecule has 0 saturated heterocycles. The molecule has 1 aromatic carbocycles. The molecule has 24 heavy (non-hydrogen) atoms. The van der Waals surface area contributed by atoms with Gasteiger partial charge in [-0.1, -0.05) is 6.07 Å². The second-order valence-corrected chi connectivity index (χ2v) is 7.40. The number of nitrogens with zero attached hydrogens (tertiary/aromatic N) is 1. The predicted molar refractivity (Wildman–Crippen MR) is 91.9 cm³/mol. The van der Waals surface area contributed by atoms with Crippen LogP contribution in [0.1, 0.15) is 16.7 Å². The van der Waals surface area contributed by atoms with Gasteiger partial charge in [-0.25, -0.2) is 13.1 Å². The molecule has 2 heterocycles. The lowest BCUT2D eigenvalue weighted by Gasteiger charge is -2.09. The first-order valence-electron chi connectivity index (χ1n) is 7.50. The van der Waals surface area contributed by atoms with Gasteiger partial charge in [-0.2, -0.15) is 0 Å². The first-order chi connectivity index (χ1) is 11.5. The van der Waals surface area contributed by atoms with Crippen molar-refractivity contribution in [2.45, 2.75) is 25.3 Å². The minimum Gasteiger partial charge on any atom is -0.464 e. The molecule has 0 aliphatic heterocycles. The number of aromatic nitrogens is 1. The minimum atomic E-state index is -3.57. The molecule has 3 rings (SSSR count). The fourth-order valence-electron chi connectivity index (χ4n) is 2.30. The Balaban J connectivity index is 1.77. The lowest BCUT2D eigenvalue weighted by atomic mass is 10.1. The highest BCUT2D eigenvalue weighted by atomic mass is 32.2. The Labute approximate surface area is 141 Å². The van der Waals surface area contributed by atoms with Gasteiger partial charge in [0.2, 0.25) is 10.0 Å². The molecular formula is C18H18N2O3S. The fourth-order valence-corrected chi connectivity index (χ4v) is 3.41. The van der Waals surface area contributed by atoms with Crippen LogP contribution in [0.5, 0.6) is 0 Å². The van der Waals surface area contributed by atoms with Crippen LogP contribution in [-0.2, 0) is 16.6 Å². The summed E-state index contributed by atoms with van der Waals surface area (Å²) in [5.41, 5.74) is 3.57. The molecule has 0 radical (unpaired) electrons. The van der Waals surface area contributed by atoms with Crippen molar-refractivity contribution in [3.63, 3.8) is 0 Å². The third kappa shape index (κ3) is 3.55. The first kappa shape index (κ1) is 16.4. The Morgan fingerprint density at radius 2 is 1.92 bits per heavy atom. The monoisotopic (exact) mass is 342 g/mol. The van der Waals surface area contributed by atoms with Crippen LogP contribution in [0.4, 0.5) is 0 Å². The molecule has 124 valence electrons. The van der Waals surface area contributed by atoms with Crippen LogP contribution in [0.3, 0.4) is 0 Å². The average molecular weight is 342 g/mol. The third-order valence-electron chi connectivity index (χ3n) is 3.86. The van der Waals surface area contributed by atoms with Gasteiger partial charge in [0, 0.05) is 24.5 Å². The van der Waals surface area contributed by atoms with Crippen LogP contribution >= 0.6 is 0 Å². The predicted octanol–water partition coefficient (Wildman–Crippen LogP) is 3.44. The molecule has 6 heteroatoms. The number of sulfonamides is 1. The van der Waals surface area contributed by atoms with E-state index in [4.69, 9.17) is 4.42 Å². The van der Waals surface area contributed by atoms with Crippen molar-refractivity contribution in [2.24, 2.45) is 0 Å². The molecule has 0 aliphatic rings. The van der Waals surface area contributed by atoms with E-state index in [0.717, 1.165) is 22.3 Å². The van der Waals surface area contributed by atoms with Crippen LogP contribution in [0, 0.1) is 13.8 Å². The number of furan rings is 1. The van der Waals surface area contributed by atoms with Crippen LogP contribution in [0.15, 0.2) is 64.4 Å². The zero-order valence-electron chi connectivity index (χ0n) is 13.5. The number of benzene rings is 1. The van der Waals surface area contributed by atoms with Gasteiger partial charge in [-0.05, 0) is 60.9 Å². The maximum atomic E-state index is 12.4. The van der Waals surface area contributed by atoms with Crippen LogP contribution in [0.25, 0.3) is 11.3 Å². The number of nitrogens with one attached hydrogen (secondary N) is 1. The number of pyridine rings is 1. The second kappa shape index (κ2) is 6.59. The Bertz CT molecular complexity index is 948. The smallest absolute Gasteiger partial charge is 0.240 e. The van der Waals surface area contributed by atoms with Crippen LogP contribution in [0.2, 0.25) is 0 Å². The molecule has 1 N–H and O–H groups in total. The molecule has 0 atom stereocenters. The molecule has 0 unspecified atom stereocenters. The number of hydrogen-bond donors (Lipinski definition) is 1. The highest BCUT2D eigenvalue weighted by Gasteiger charge is 2.14. The zero-order valence-corrected chi connectivity index (χ0v) is 14.3. The molecule has 2 aromatic heterocycles. The van der Waals surface area contributed by atoms with Crippen molar-refractivity contribution in [3.05, 3.63) is 71.7 Å². The van der Waals surface area contributed by atoms with Gasteiger partial charge < -0.3 is 4.42 Å². The topological polar surface area (TPSA) is 72.2 Å². The lowest BCUT2D eigenvalue weighted by molar-refractivity contribution is 0.580. The van der Waals surface area contributed by atoms with E-state index in [1.165, 1.54) is 0 Å². The molecular weight excluding hydrogens is 324 g/mol. The number of rotatable bonds is 5.